The molecule has 0 saturated carbocycles. The lowest BCUT2D eigenvalue weighted by molar-refractivity contribution is 0.154. The fraction of sp³-hybridized carbons (Fsp3) is 0.357. The first-order chi connectivity index (χ1) is 8.99. The molecule has 1 unspecified atom stereocenters. The lowest BCUT2D eigenvalue weighted by atomic mass is 10.1. The lowest BCUT2D eigenvalue weighted by Crippen LogP contribution is -2.12. The van der Waals surface area contributed by atoms with Gasteiger partial charge in [-0.1, -0.05) is 19.9 Å². The fourth-order valence-corrected chi connectivity index (χ4v) is 1.99. The molecule has 1 atom stereocenters. The van der Waals surface area contributed by atoms with Crippen LogP contribution in [-0.2, 0) is 6.54 Å². The van der Waals surface area contributed by atoms with Crippen LogP contribution in [0.3, 0.4) is 0 Å². The van der Waals surface area contributed by atoms with Crippen LogP contribution < -0.4 is 0 Å². The number of rotatable bonds is 4. The number of nitrogens with zero attached hydrogens (tertiary/aromatic N) is 2. The summed E-state index contributed by atoms with van der Waals surface area (Å²) in [6.45, 7) is 4.27. The zero-order valence-corrected chi connectivity index (χ0v) is 10.8. The number of aromatic nitrogens is 2. The van der Waals surface area contributed by atoms with Crippen molar-refractivity contribution in [1.29, 1.82) is 0 Å². The lowest BCUT2D eigenvalue weighted by Gasteiger charge is -2.15. The zero-order chi connectivity index (χ0) is 14.0. The van der Waals surface area contributed by atoms with E-state index in [2.05, 4.69) is 4.98 Å². The largest absolute Gasteiger partial charge is 0.387 e. The standard InChI is InChI=1S/C14H16F2N2O/c1-9(2)14-17-5-6-18(14)8-13(19)10-3-4-11(15)12(16)7-10/h3-7,9,13,19H,8H2,1-2H3. The van der Waals surface area contributed by atoms with E-state index >= 15 is 0 Å². The van der Waals surface area contributed by atoms with Gasteiger partial charge in [0.15, 0.2) is 11.6 Å². The van der Waals surface area contributed by atoms with Gasteiger partial charge in [0.05, 0.1) is 12.6 Å². The van der Waals surface area contributed by atoms with Crippen molar-refractivity contribution in [1.82, 2.24) is 9.55 Å². The Hall–Kier alpha value is -1.75. The van der Waals surface area contributed by atoms with Crippen molar-refractivity contribution >= 4 is 0 Å². The molecule has 0 aliphatic heterocycles. The summed E-state index contributed by atoms with van der Waals surface area (Å²) in [4.78, 5) is 4.21. The maximum atomic E-state index is 13.1. The molecule has 0 bridgehead atoms. The van der Waals surface area contributed by atoms with Gasteiger partial charge in [0.1, 0.15) is 5.82 Å². The number of imidazole rings is 1. The Kier molecular flexibility index (Phi) is 3.95. The van der Waals surface area contributed by atoms with Crippen LogP contribution in [0.25, 0.3) is 0 Å². The van der Waals surface area contributed by atoms with Crippen LogP contribution in [0.15, 0.2) is 30.6 Å². The summed E-state index contributed by atoms with van der Waals surface area (Å²) < 4.78 is 27.8. The van der Waals surface area contributed by atoms with Gasteiger partial charge in [-0.15, -0.1) is 0 Å². The van der Waals surface area contributed by atoms with Gasteiger partial charge in [0, 0.05) is 18.3 Å². The van der Waals surface area contributed by atoms with Gasteiger partial charge < -0.3 is 9.67 Å². The van der Waals surface area contributed by atoms with Gasteiger partial charge in [-0.2, -0.15) is 0 Å². The molecule has 1 heterocycles. The molecule has 1 N–H and O–H groups in total. The molecule has 19 heavy (non-hydrogen) atoms. The van der Waals surface area contributed by atoms with E-state index < -0.39 is 17.7 Å². The predicted molar refractivity (Wildman–Crippen MR) is 67.6 cm³/mol. The average Bonchev–Trinajstić information content (AvgIpc) is 2.80. The van der Waals surface area contributed by atoms with Crippen molar-refractivity contribution in [3.63, 3.8) is 0 Å². The van der Waals surface area contributed by atoms with Crippen LogP contribution in [0.2, 0.25) is 0 Å². The minimum Gasteiger partial charge on any atom is -0.387 e. The molecule has 0 fully saturated rings. The van der Waals surface area contributed by atoms with Crippen LogP contribution in [0.1, 0.15) is 37.3 Å². The zero-order valence-electron chi connectivity index (χ0n) is 10.8. The third kappa shape index (κ3) is 2.98. The number of hydrogen-bond donors (Lipinski definition) is 1. The van der Waals surface area contributed by atoms with Crippen molar-refractivity contribution in [3.05, 3.63) is 53.6 Å². The minimum absolute atomic E-state index is 0.229. The molecule has 2 aromatic rings. The van der Waals surface area contributed by atoms with E-state index in [0.717, 1.165) is 18.0 Å². The Bertz CT molecular complexity index is 566. The van der Waals surface area contributed by atoms with Crippen molar-refractivity contribution in [2.75, 3.05) is 0 Å². The molecule has 5 heteroatoms. The summed E-state index contributed by atoms with van der Waals surface area (Å²) >= 11 is 0. The van der Waals surface area contributed by atoms with E-state index in [1.807, 2.05) is 18.4 Å². The van der Waals surface area contributed by atoms with E-state index in [1.54, 1.807) is 12.4 Å². The summed E-state index contributed by atoms with van der Waals surface area (Å²) in [5.41, 5.74) is 0.349. The Labute approximate surface area is 110 Å². The van der Waals surface area contributed by atoms with Crippen LogP contribution in [0, 0.1) is 11.6 Å². The highest BCUT2D eigenvalue weighted by Crippen LogP contribution is 2.20. The molecule has 0 amide bonds. The molecule has 0 saturated heterocycles. The number of halogens is 2. The highest BCUT2D eigenvalue weighted by atomic mass is 19.2. The molecule has 2 rings (SSSR count). The molecule has 1 aromatic heterocycles. The summed E-state index contributed by atoms with van der Waals surface area (Å²) in [7, 11) is 0. The quantitative estimate of drug-likeness (QED) is 0.923. The third-order valence-corrected chi connectivity index (χ3v) is 2.96. The van der Waals surface area contributed by atoms with Gasteiger partial charge >= 0.3 is 0 Å². The SMILES string of the molecule is CC(C)c1nccn1CC(O)c1ccc(F)c(F)c1. The first-order valence-electron chi connectivity index (χ1n) is 6.13. The highest BCUT2D eigenvalue weighted by Gasteiger charge is 2.14. The molecule has 0 aliphatic rings. The molecular formula is C14H16F2N2O. The van der Waals surface area contributed by atoms with Gasteiger partial charge in [-0.25, -0.2) is 13.8 Å². The summed E-state index contributed by atoms with van der Waals surface area (Å²) in [5, 5.41) is 10.1. The average molecular weight is 266 g/mol. The Morgan fingerprint density at radius 1 is 1.26 bits per heavy atom. The second kappa shape index (κ2) is 5.48. The van der Waals surface area contributed by atoms with Crippen LogP contribution >= 0.6 is 0 Å². The van der Waals surface area contributed by atoms with E-state index in [0.29, 0.717) is 5.56 Å². The van der Waals surface area contributed by atoms with Crippen LogP contribution in [-0.4, -0.2) is 14.7 Å². The Morgan fingerprint density at radius 3 is 2.63 bits per heavy atom. The van der Waals surface area contributed by atoms with E-state index in [-0.39, 0.29) is 12.5 Å². The molecule has 1 aromatic carbocycles. The molecular weight excluding hydrogens is 250 g/mol. The van der Waals surface area contributed by atoms with Crippen molar-refractivity contribution in [2.24, 2.45) is 0 Å². The van der Waals surface area contributed by atoms with Gasteiger partial charge in [0.2, 0.25) is 0 Å². The second-order valence-electron chi connectivity index (χ2n) is 4.78. The second-order valence-corrected chi connectivity index (χ2v) is 4.78. The molecule has 102 valence electrons. The van der Waals surface area contributed by atoms with Gasteiger partial charge in [-0.3, -0.25) is 0 Å². The minimum atomic E-state index is -0.953. The van der Waals surface area contributed by atoms with E-state index in [9.17, 15) is 13.9 Å². The number of hydrogen-bond acceptors (Lipinski definition) is 2. The number of aliphatic hydroxyl groups is 1. The first-order valence-corrected chi connectivity index (χ1v) is 6.13. The van der Waals surface area contributed by atoms with Gasteiger partial charge in [0.25, 0.3) is 0 Å². The topological polar surface area (TPSA) is 38.0 Å². The normalized spacial score (nSPS) is 12.9. The maximum absolute atomic E-state index is 13.1. The van der Waals surface area contributed by atoms with Crippen molar-refractivity contribution in [3.8, 4) is 0 Å². The molecule has 0 radical (unpaired) electrons. The van der Waals surface area contributed by atoms with Crippen molar-refractivity contribution in [2.45, 2.75) is 32.4 Å². The van der Waals surface area contributed by atoms with E-state index in [4.69, 9.17) is 0 Å². The number of aliphatic hydroxyl groups excluding tert-OH is 1. The van der Waals surface area contributed by atoms with Crippen LogP contribution in [0.5, 0.6) is 0 Å². The Balaban J connectivity index is 2.18. The third-order valence-electron chi connectivity index (χ3n) is 2.96. The monoisotopic (exact) mass is 266 g/mol. The van der Waals surface area contributed by atoms with Crippen LogP contribution in [0.4, 0.5) is 8.78 Å². The molecule has 0 spiro atoms. The molecule has 3 nitrogen and oxygen atoms in total. The van der Waals surface area contributed by atoms with Gasteiger partial charge in [-0.05, 0) is 17.7 Å². The molecule has 0 aliphatic carbocycles. The summed E-state index contributed by atoms with van der Waals surface area (Å²) in [6, 6.07) is 3.42. The maximum Gasteiger partial charge on any atom is 0.159 e. The first kappa shape index (κ1) is 13.7. The Morgan fingerprint density at radius 2 is 2.00 bits per heavy atom. The summed E-state index contributed by atoms with van der Waals surface area (Å²) in [5.74, 6) is -0.790. The highest BCUT2D eigenvalue weighted by molar-refractivity contribution is 5.20. The van der Waals surface area contributed by atoms with Crippen molar-refractivity contribution < 1.29 is 13.9 Å². The fourth-order valence-electron chi connectivity index (χ4n) is 1.99. The number of benzene rings is 1. The predicted octanol–water partition coefficient (Wildman–Crippen LogP) is 3.02. The summed E-state index contributed by atoms with van der Waals surface area (Å²) in [6.07, 6.45) is 2.52. The van der Waals surface area contributed by atoms with E-state index in [1.165, 1.54) is 6.07 Å². The smallest absolute Gasteiger partial charge is 0.159 e.